The van der Waals surface area contributed by atoms with Crippen LogP contribution < -0.4 is 14.8 Å². The van der Waals surface area contributed by atoms with Crippen molar-refractivity contribution in [3.63, 3.8) is 0 Å². The van der Waals surface area contributed by atoms with Gasteiger partial charge in [0.25, 0.3) is 11.7 Å². The van der Waals surface area contributed by atoms with Crippen LogP contribution in [0.2, 0.25) is 0 Å². The number of hydrogen-bond acceptors (Lipinski definition) is 6. The van der Waals surface area contributed by atoms with Crippen molar-refractivity contribution in [2.45, 2.75) is 17.3 Å². The van der Waals surface area contributed by atoms with Crippen LogP contribution in [0.15, 0.2) is 58.3 Å². The molecule has 1 heterocycles. The molecular weight excluding hydrogens is 406 g/mol. The van der Waals surface area contributed by atoms with Crippen molar-refractivity contribution in [2.75, 3.05) is 12.4 Å². The van der Waals surface area contributed by atoms with Crippen LogP contribution in [0.4, 0.5) is 14.5 Å². The van der Waals surface area contributed by atoms with E-state index < -0.39 is 5.76 Å². The highest BCUT2D eigenvalue weighted by atomic mass is 32.2. The number of amides is 1. The minimum Gasteiger partial charge on any atom is -0.493 e. The first kappa shape index (κ1) is 20.1. The van der Waals surface area contributed by atoms with E-state index >= 15 is 0 Å². The lowest BCUT2D eigenvalue weighted by atomic mass is 10.2. The van der Waals surface area contributed by atoms with Gasteiger partial charge in [0.15, 0.2) is 11.5 Å². The lowest BCUT2D eigenvalue weighted by molar-refractivity contribution is 0.102. The molecule has 28 heavy (non-hydrogen) atoms. The number of ether oxygens (including phenoxy) is 2. The standard InChI is InChI=1S/C19H16F2N2O3S2/c1-25-17-8-12(2-7-16(17)26-9-14-10-27-11-22-14)18(24)23-13-3-5-15(6-4-13)28-19(20)21/h2-8,10-11,19H,9H2,1H3,(H,23,24). The summed E-state index contributed by atoms with van der Waals surface area (Å²) < 4.78 is 35.7. The van der Waals surface area contributed by atoms with Gasteiger partial charge in [-0.25, -0.2) is 4.98 Å². The molecule has 0 saturated carbocycles. The fourth-order valence-electron chi connectivity index (χ4n) is 2.31. The van der Waals surface area contributed by atoms with Crippen LogP contribution in [-0.4, -0.2) is 23.8 Å². The highest BCUT2D eigenvalue weighted by molar-refractivity contribution is 7.99. The molecule has 3 aromatic rings. The molecule has 0 fully saturated rings. The second-order valence-corrected chi connectivity index (χ2v) is 7.27. The first-order valence-corrected chi connectivity index (χ1v) is 9.91. The van der Waals surface area contributed by atoms with Gasteiger partial charge < -0.3 is 14.8 Å². The summed E-state index contributed by atoms with van der Waals surface area (Å²) in [5.41, 5.74) is 3.42. The molecule has 3 rings (SSSR count). The van der Waals surface area contributed by atoms with E-state index in [-0.39, 0.29) is 5.91 Å². The van der Waals surface area contributed by atoms with Gasteiger partial charge in [0.05, 0.1) is 18.3 Å². The number of methoxy groups -OCH3 is 1. The summed E-state index contributed by atoms with van der Waals surface area (Å²) in [6.07, 6.45) is 0. The van der Waals surface area contributed by atoms with Gasteiger partial charge >= 0.3 is 0 Å². The molecule has 146 valence electrons. The Bertz CT molecular complexity index is 919. The molecule has 1 amide bonds. The van der Waals surface area contributed by atoms with E-state index in [9.17, 15) is 13.6 Å². The van der Waals surface area contributed by atoms with Gasteiger partial charge in [-0.1, -0.05) is 11.8 Å². The number of benzene rings is 2. The molecule has 9 heteroatoms. The summed E-state index contributed by atoms with van der Waals surface area (Å²) in [6.45, 7) is 0.300. The average molecular weight is 422 g/mol. The maximum absolute atomic E-state index is 12.5. The summed E-state index contributed by atoms with van der Waals surface area (Å²) in [5.74, 6) is -1.91. The Balaban J connectivity index is 1.66. The van der Waals surface area contributed by atoms with E-state index in [1.165, 1.54) is 30.6 Å². The Morgan fingerprint density at radius 3 is 2.64 bits per heavy atom. The predicted molar refractivity (Wildman–Crippen MR) is 106 cm³/mol. The maximum atomic E-state index is 12.5. The van der Waals surface area contributed by atoms with Gasteiger partial charge in [0, 0.05) is 21.5 Å². The summed E-state index contributed by atoms with van der Waals surface area (Å²) in [6, 6.07) is 11.1. The van der Waals surface area contributed by atoms with Gasteiger partial charge in [-0.3, -0.25) is 4.79 Å². The number of alkyl halides is 2. The first-order valence-electron chi connectivity index (χ1n) is 8.09. The second kappa shape index (κ2) is 9.52. The fourth-order valence-corrected chi connectivity index (χ4v) is 3.35. The largest absolute Gasteiger partial charge is 0.493 e. The molecule has 0 unspecified atom stereocenters. The third-order valence-electron chi connectivity index (χ3n) is 3.62. The Morgan fingerprint density at radius 1 is 1.21 bits per heavy atom. The number of aromatic nitrogens is 1. The van der Waals surface area contributed by atoms with Gasteiger partial charge in [0.1, 0.15) is 6.61 Å². The topological polar surface area (TPSA) is 60.5 Å². The molecule has 0 aliphatic heterocycles. The SMILES string of the molecule is COc1cc(C(=O)Nc2ccc(SC(F)F)cc2)ccc1OCc1cscn1. The highest BCUT2D eigenvalue weighted by Crippen LogP contribution is 2.30. The van der Waals surface area contributed by atoms with Crippen LogP contribution in [0.25, 0.3) is 0 Å². The molecule has 0 radical (unpaired) electrons. The van der Waals surface area contributed by atoms with Gasteiger partial charge in [-0.2, -0.15) is 8.78 Å². The van der Waals surface area contributed by atoms with Gasteiger partial charge in [0.2, 0.25) is 0 Å². The van der Waals surface area contributed by atoms with Crippen molar-refractivity contribution in [1.29, 1.82) is 0 Å². The first-order chi connectivity index (χ1) is 13.5. The van der Waals surface area contributed by atoms with E-state index in [1.807, 2.05) is 5.38 Å². The summed E-state index contributed by atoms with van der Waals surface area (Å²) in [5, 5.41) is 4.61. The van der Waals surface area contributed by atoms with Crippen LogP contribution in [0, 0.1) is 0 Å². The Morgan fingerprint density at radius 2 is 2.00 bits per heavy atom. The molecule has 0 spiro atoms. The zero-order valence-electron chi connectivity index (χ0n) is 14.7. The molecule has 5 nitrogen and oxygen atoms in total. The van der Waals surface area contributed by atoms with Crippen LogP contribution in [0.1, 0.15) is 16.1 Å². The summed E-state index contributed by atoms with van der Waals surface area (Å²) >= 11 is 1.93. The minimum absolute atomic E-state index is 0.300. The predicted octanol–water partition coefficient (Wildman–Crippen LogP) is 5.30. The lowest BCUT2D eigenvalue weighted by Crippen LogP contribution is -2.12. The molecule has 0 bridgehead atoms. The number of hydrogen-bond donors (Lipinski definition) is 1. The molecular formula is C19H16F2N2O3S2. The molecule has 0 aliphatic rings. The summed E-state index contributed by atoms with van der Waals surface area (Å²) in [7, 11) is 1.49. The van der Waals surface area contributed by atoms with Gasteiger partial charge in [-0.05, 0) is 42.5 Å². The van der Waals surface area contributed by atoms with E-state index in [1.54, 1.807) is 35.8 Å². The molecule has 2 aromatic carbocycles. The van der Waals surface area contributed by atoms with Crippen LogP contribution in [0.5, 0.6) is 11.5 Å². The Hall–Kier alpha value is -2.65. The van der Waals surface area contributed by atoms with Crippen LogP contribution >= 0.6 is 23.1 Å². The monoisotopic (exact) mass is 422 g/mol. The zero-order chi connectivity index (χ0) is 19.9. The molecule has 1 N–H and O–H groups in total. The maximum Gasteiger partial charge on any atom is 0.288 e. The van der Waals surface area contributed by atoms with Crippen molar-refractivity contribution in [3.8, 4) is 11.5 Å². The van der Waals surface area contributed by atoms with E-state index in [0.717, 1.165) is 5.69 Å². The molecule has 1 aromatic heterocycles. The molecule has 0 aliphatic carbocycles. The number of anilines is 1. The number of thioether (sulfide) groups is 1. The van der Waals surface area contributed by atoms with E-state index in [0.29, 0.717) is 46.0 Å². The van der Waals surface area contributed by atoms with Gasteiger partial charge in [-0.15, -0.1) is 11.3 Å². The second-order valence-electron chi connectivity index (χ2n) is 5.49. The van der Waals surface area contributed by atoms with Crippen molar-refractivity contribution in [2.24, 2.45) is 0 Å². The normalized spacial score (nSPS) is 10.7. The lowest BCUT2D eigenvalue weighted by Gasteiger charge is -2.12. The minimum atomic E-state index is -2.48. The number of nitrogens with zero attached hydrogens (tertiary/aromatic N) is 1. The van der Waals surface area contributed by atoms with Crippen molar-refractivity contribution < 1.29 is 23.0 Å². The van der Waals surface area contributed by atoms with Crippen LogP contribution in [0.3, 0.4) is 0 Å². The molecule has 0 atom stereocenters. The number of halogens is 2. The zero-order valence-corrected chi connectivity index (χ0v) is 16.4. The van der Waals surface area contributed by atoms with Crippen molar-refractivity contribution in [1.82, 2.24) is 4.98 Å². The Kier molecular flexibility index (Phi) is 6.83. The Labute approximate surface area is 168 Å². The number of nitrogens with one attached hydrogen (secondary N) is 1. The smallest absolute Gasteiger partial charge is 0.288 e. The highest BCUT2D eigenvalue weighted by Gasteiger charge is 2.12. The number of carbonyl (C=O) groups excluding carboxylic acids is 1. The average Bonchev–Trinajstić information content (AvgIpc) is 3.21. The van der Waals surface area contributed by atoms with E-state index in [2.05, 4.69) is 10.3 Å². The number of rotatable bonds is 8. The molecule has 0 saturated heterocycles. The summed E-state index contributed by atoms with van der Waals surface area (Å²) in [4.78, 5) is 17.0. The van der Waals surface area contributed by atoms with E-state index in [4.69, 9.17) is 9.47 Å². The number of carbonyl (C=O) groups is 1. The van der Waals surface area contributed by atoms with Crippen LogP contribution in [-0.2, 0) is 6.61 Å². The third kappa shape index (κ3) is 5.43. The van der Waals surface area contributed by atoms with Crippen molar-refractivity contribution in [3.05, 3.63) is 64.6 Å². The quantitative estimate of drug-likeness (QED) is 0.500. The number of thiazole rings is 1. The van der Waals surface area contributed by atoms with Crippen molar-refractivity contribution >= 4 is 34.7 Å². The fraction of sp³-hybridized carbons (Fsp3) is 0.158. The third-order valence-corrected chi connectivity index (χ3v) is 4.98.